The highest BCUT2D eigenvalue weighted by atomic mass is 16.5. The van der Waals surface area contributed by atoms with Crippen LogP contribution in [0.3, 0.4) is 0 Å². The summed E-state index contributed by atoms with van der Waals surface area (Å²) in [5.74, 6) is 1.24. The summed E-state index contributed by atoms with van der Waals surface area (Å²) in [5.41, 5.74) is 0.984. The second kappa shape index (κ2) is 6.35. The summed E-state index contributed by atoms with van der Waals surface area (Å²) < 4.78 is 16.0. The summed E-state index contributed by atoms with van der Waals surface area (Å²) >= 11 is 0. The van der Waals surface area contributed by atoms with Gasteiger partial charge in [-0.2, -0.15) is 4.98 Å². The lowest BCUT2D eigenvalue weighted by atomic mass is 10.0. The zero-order valence-electron chi connectivity index (χ0n) is 14.9. The Morgan fingerprint density at radius 2 is 1.75 bits per heavy atom. The van der Waals surface area contributed by atoms with Crippen molar-refractivity contribution < 1.29 is 13.7 Å². The first-order valence-corrected chi connectivity index (χ1v) is 8.67. The Hall–Kier alpha value is -3.93. The number of ether oxygens (including phenoxy) is 1. The first kappa shape index (κ1) is 16.3. The van der Waals surface area contributed by atoms with E-state index in [9.17, 15) is 4.79 Å². The van der Waals surface area contributed by atoms with Crippen molar-refractivity contribution in [3.63, 3.8) is 0 Å². The maximum absolute atomic E-state index is 12.5. The molecular formula is C22H14N2O4. The Morgan fingerprint density at radius 3 is 2.57 bits per heavy atom. The average Bonchev–Trinajstić information content (AvgIpc) is 3.23. The first-order chi connectivity index (χ1) is 13.7. The zero-order valence-corrected chi connectivity index (χ0v) is 14.9. The maximum Gasteiger partial charge on any atom is 0.349 e. The molecule has 28 heavy (non-hydrogen) atoms. The molecule has 6 heteroatoms. The molecule has 5 rings (SSSR count). The van der Waals surface area contributed by atoms with Crippen molar-refractivity contribution in [1.29, 1.82) is 0 Å². The predicted molar refractivity (Wildman–Crippen MR) is 105 cm³/mol. The van der Waals surface area contributed by atoms with Crippen molar-refractivity contribution in [3.8, 4) is 28.6 Å². The lowest BCUT2D eigenvalue weighted by molar-refractivity contribution is 0.414. The van der Waals surface area contributed by atoms with Crippen LogP contribution in [0.15, 0.2) is 80.5 Å². The molecular weight excluding hydrogens is 356 g/mol. The lowest BCUT2D eigenvalue weighted by Gasteiger charge is -2.03. The van der Waals surface area contributed by atoms with E-state index in [0.29, 0.717) is 11.4 Å². The molecule has 0 aliphatic carbocycles. The summed E-state index contributed by atoms with van der Waals surface area (Å²) in [7, 11) is 1.60. The molecule has 6 nitrogen and oxygen atoms in total. The molecule has 0 unspecified atom stereocenters. The van der Waals surface area contributed by atoms with E-state index in [1.54, 1.807) is 19.2 Å². The van der Waals surface area contributed by atoms with Gasteiger partial charge in [0.15, 0.2) is 0 Å². The summed E-state index contributed by atoms with van der Waals surface area (Å²) in [6.45, 7) is 0. The Labute approximate surface area is 159 Å². The molecule has 0 aliphatic heterocycles. The number of benzene rings is 3. The fraction of sp³-hybridized carbons (Fsp3) is 0.0455. The van der Waals surface area contributed by atoms with E-state index < -0.39 is 5.63 Å². The van der Waals surface area contributed by atoms with Crippen LogP contribution >= 0.6 is 0 Å². The number of aromatic nitrogens is 2. The van der Waals surface area contributed by atoms with Gasteiger partial charge in [-0.25, -0.2) is 4.79 Å². The zero-order chi connectivity index (χ0) is 19.1. The molecule has 2 aromatic heterocycles. The third-order valence-corrected chi connectivity index (χ3v) is 4.65. The molecule has 0 N–H and O–H groups in total. The Balaban J connectivity index is 1.64. The molecule has 5 aromatic rings. The summed E-state index contributed by atoms with van der Waals surface area (Å²) in [6.07, 6.45) is 0. The van der Waals surface area contributed by atoms with Crippen LogP contribution in [-0.4, -0.2) is 17.3 Å². The lowest BCUT2D eigenvalue weighted by Crippen LogP contribution is -2.03. The largest absolute Gasteiger partial charge is 0.497 e. The fourth-order valence-corrected chi connectivity index (χ4v) is 3.21. The number of nitrogens with zero attached hydrogens (tertiary/aromatic N) is 2. The number of methoxy groups -OCH3 is 1. The minimum Gasteiger partial charge on any atom is -0.497 e. The van der Waals surface area contributed by atoms with Gasteiger partial charge in [-0.1, -0.05) is 35.5 Å². The minimum absolute atomic E-state index is 0.120. The van der Waals surface area contributed by atoms with Crippen molar-refractivity contribution in [2.75, 3.05) is 7.11 Å². The highest BCUT2D eigenvalue weighted by molar-refractivity contribution is 6.06. The van der Waals surface area contributed by atoms with Gasteiger partial charge in [0.05, 0.1) is 7.11 Å². The average molecular weight is 370 g/mol. The van der Waals surface area contributed by atoms with Gasteiger partial charge in [0.1, 0.15) is 16.9 Å². The quantitative estimate of drug-likeness (QED) is 0.339. The summed E-state index contributed by atoms with van der Waals surface area (Å²) in [5, 5.41) is 6.85. The number of rotatable bonds is 3. The van der Waals surface area contributed by atoms with Gasteiger partial charge < -0.3 is 13.7 Å². The second-order valence-electron chi connectivity index (χ2n) is 6.30. The highest BCUT2D eigenvalue weighted by Crippen LogP contribution is 2.28. The Bertz CT molecular complexity index is 1370. The maximum atomic E-state index is 12.5. The molecule has 0 spiro atoms. The molecule has 0 saturated heterocycles. The number of fused-ring (bicyclic) bond motifs is 3. The third kappa shape index (κ3) is 2.63. The van der Waals surface area contributed by atoms with Gasteiger partial charge in [-0.15, -0.1) is 0 Å². The van der Waals surface area contributed by atoms with Gasteiger partial charge >= 0.3 is 5.63 Å². The SMILES string of the molecule is COc1ccc(-c2noc(-c3cc4c(ccc5ccccc54)oc3=O)n2)cc1. The molecule has 0 amide bonds. The molecule has 0 saturated carbocycles. The van der Waals surface area contributed by atoms with E-state index in [4.69, 9.17) is 13.7 Å². The topological polar surface area (TPSA) is 78.4 Å². The molecule has 0 atom stereocenters. The molecule has 136 valence electrons. The van der Waals surface area contributed by atoms with Crippen LogP contribution in [0.1, 0.15) is 0 Å². The second-order valence-corrected chi connectivity index (χ2v) is 6.30. The first-order valence-electron chi connectivity index (χ1n) is 8.67. The van der Waals surface area contributed by atoms with Crippen molar-refractivity contribution >= 4 is 21.7 Å². The van der Waals surface area contributed by atoms with Crippen molar-refractivity contribution in [2.45, 2.75) is 0 Å². The van der Waals surface area contributed by atoms with E-state index in [1.165, 1.54) is 0 Å². The van der Waals surface area contributed by atoms with Gasteiger partial charge in [-0.05, 0) is 47.2 Å². The van der Waals surface area contributed by atoms with Crippen LogP contribution in [0.25, 0.3) is 44.6 Å². The van der Waals surface area contributed by atoms with Crippen LogP contribution < -0.4 is 10.4 Å². The van der Waals surface area contributed by atoms with Gasteiger partial charge in [-0.3, -0.25) is 0 Å². The van der Waals surface area contributed by atoms with Gasteiger partial charge in [0, 0.05) is 10.9 Å². The third-order valence-electron chi connectivity index (χ3n) is 4.65. The molecule has 2 heterocycles. The van der Waals surface area contributed by atoms with Crippen molar-refractivity contribution in [1.82, 2.24) is 10.1 Å². The summed E-state index contributed by atoms with van der Waals surface area (Å²) in [6, 6.07) is 20.6. The van der Waals surface area contributed by atoms with E-state index in [0.717, 1.165) is 27.5 Å². The van der Waals surface area contributed by atoms with Crippen LogP contribution in [0, 0.1) is 0 Å². The molecule has 3 aromatic carbocycles. The van der Waals surface area contributed by atoms with Crippen molar-refractivity contribution in [2.24, 2.45) is 0 Å². The van der Waals surface area contributed by atoms with Gasteiger partial charge in [0.25, 0.3) is 5.89 Å². The fourth-order valence-electron chi connectivity index (χ4n) is 3.21. The standard InChI is InChI=1S/C22H14N2O4/c1-26-15-9-6-14(7-10-15)20-23-21(28-24-20)18-12-17-16-5-3-2-4-13(16)8-11-19(17)27-22(18)25/h2-12H,1H3. The van der Waals surface area contributed by atoms with Crippen LogP contribution in [0.5, 0.6) is 5.75 Å². The number of hydrogen-bond acceptors (Lipinski definition) is 6. The molecule has 0 radical (unpaired) electrons. The van der Waals surface area contributed by atoms with Crippen molar-refractivity contribution in [3.05, 3.63) is 77.2 Å². The molecule has 0 bridgehead atoms. The monoisotopic (exact) mass is 370 g/mol. The summed E-state index contributed by atoms with van der Waals surface area (Å²) in [4.78, 5) is 16.9. The highest BCUT2D eigenvalue weighted by Gasteiger charge is 2.17. The minimum atomic E-state index is -0.521. The Kier molecular flexibility index (Phi) is 3.69. The normalized spacial score (nSPS) is 11.2. The smallest absolute Gasteiger partial charge is 0.349 e. The van der Waals surface area contributed by atoms with Crippen LogP contribution in [0.2, 0.25) is 0 Å². The Morgan fingerprint density at radius 1 is 0.929 bits per heavy atom. The van der Waals surface area contributed by atoms with Crippen LogP contribution in [0.4, 0.5) is 0 Å². The van der Waals surface area contributed by atoms with Gasteiger partial charge in [0.2, 0.25) is 5.82 Å². The van der Waals surface area contributed by atoms with Crippen LogP contribution in [-0.2, 0) is 0 Å². The van der Waals surface area contributed by atoms with E-state index in [2.05, 4.69) is 10.1 Å². The predicted octanol–water partition coefficient (Wildman–Crippen LogP) is 4.67. The van der Waals surface area contributed by atoms with E-state index in [-0.39, 0.29) is 11.5 Å². The number of hydrogen-bond donors (Lipinski definition) is 0. The van der Waals surface area contributed by atoms with E-state index >= 15 is 0 Å². The molecule has 0 fully saturated rings. The molecule has 0 aliphatic rings. The van der Waals surface area contributed by atoms with E-state index in [1.807, 2.05) is 54.6 Å².